The van der Waals surface area contributed by atoms with Crippen molar-refractivity contribution in [1.82, 2.24) is 4.98 Å². The summed E-state index contributed by atoms with van der Waals surface area (Å²) in [5, 5.41) is 3.36. The summed E-state index contributed by atoms with van der Waals surface area (Å²) in [5.41, 5.74) is 3.75. The van der Waals surface area contributed by atoms with Crippen LogP contribution in [0.3, 0.4) is 0 Å². The lowest BCUT2D eigenvalue weighted by molar-refractivity contribution is 0.103. The average molecular weight is 345 g/mol. The van der Waals surface area contributed by atoms with Crippen molar-refractivity contribution < 1.29 is 9.53 Å². The summed E-state index contributed by atoms with van der Waals surface area (Å²) in [4.78, 5) is 17.5. The third kappa shape index (κ3) is 3.36. The number of nitrogens with zero attached hydrogens (tertiary/aromatic N) is 1. The topological polar surface area (TPSA) is 51.2 Å². The number of carbonyl (C=O) groups is 1. The van der Waals surface area contributed by atoms with E-state index in [-0.39, 0.29) is 5.91 Å². The predicted molar refractivity (Wildman–Crippen MR) is 93.5 cm³/mol. The van der Waals surface area contributed by atoms with Gasteiger partial charge in [0.05, 0.1) is 24.0 Å². The third-order valence-electron chi connectivity index (χ3n) is 3.23. The molecule has 0 fully saturated rings. The number of amides is 1. The first-order valence-corrected chi connectivity index (χ1v) is 8.08. The van der Waals surface area contributed by atoms with E-state index in [2.05, 4.69) is 10.3 Å². The summed E-state index contributed by atoms with van der Waals surface area (Å²) >= 11 is 7.29. The molecule has 0 aliphatic rings. The fourth-order valence-corrected chi connectivity index (χ4v) is 3.04. The van der Waals surface area contributed by atoms with E-state index in [1.54, 1.807) is 30.8 Å². The van der Waals surface area contributed by atoms with Crippen LogP contribution in [-0.4, -0.2) is 18.0 Å². The van der Waals surface area contributed by atoms with Gasteiger partial charge in [-0.3, -0.25) is 4.79 Å². The highest BCUT2D eigenvalue weighted by Crippen LogP contribution is 2.30. The zero-order valence-electron chi connectivity index (χ0n) is 12.2. The molecule has 6 heteroatoms. The fraction of sp³-hybridized carbons (Fsp3) is 0.0588. The van der Waals surface area contributed by atoms with Crippen molar-refractivity contribution in [1.29, 1.82) is 0 Å². The maximum atomic E-state index is 12.6. The van der Waals surface area contributed by atoms with E-state index in [0.29, 0.717) is 27.0 Å². The molecule has 1 amide bonds. The number of methoxy groups -OCH3 is 1. The first-order valence-electron chi connectivity index (χ1n) is 6.83. The minimum atomic E-state index is -0.244. The van der Waals surface area contributed by atoms with Crippen molar-refractivity contribution in [2.45, 2.75) is 0 Å². The van der Waals surface area contributed by atoms with Crippen LogP contribution < -0.4 is 10.1 Å². The number of ether oxygens (including phenoxy) is 1. The predicted octanol–water partition coefficient (Wildman–Crippen LogP) is 4.72. The van der Waals surface area contributed by atoms with Crippen molar-refractivity contribution in [2.24, 2.45) is 0 Å². The highest BCUT2D eigenvalue weighted by Gasteiger charge is 2.17. The lowest BCUT2D eigenvalue weighted by Gasteiger charge is -2.10. The molecule has 0 radical (unpaired) electrons. The van der Waals surface area contributed by atoms with E-state index in [9.17, 15) is 4.79 Å². The summed E-state index contributed by atoms with van der Waals surface area (Å²) in [7, 11) is 1.54. The van der Waals surface area contributed by atoms with Crippen LogP contribution >= 0.6 is 22.9 Å². The van der Waals surface area contributed by atoms with Gasteiger partial charge in [0.1, 0.15) is 10.6 Å². The smallest absolute Gasteiger partial charge is 0.268 e. The van der Waals surface area contributed by atoms with Crippen molar-refractivity contribution in [3.05, 3.63) is 63.9 Å². The number of hydrogen-bond acceptors (Lipinski definition) is 4. The molecule has 0 saturated carbocycles. The van der Waals surface area contributed by atoms with Gasteiger partial charge in [-0.05, 0) is 18.2 Å². The van der Waals surface area contributed by atoms with Gasteiger partial charge in [0.25, 0.3) is 5.91 Å². The lowest BCUT2D eigenvalue weighted by Crippen LogP contribution is -2.12. The van der Waals surface area contributed by atoms with Crippen molar-refractivity contribution in [3.63, 3.8) is 0 Å². The van der Waals surface area contributed by atoms with Crippen LogP contribution in [0.15, 0.2) is 54.0 Å². The van der Waals surface area contributed by atoms with E-state index < -0.39 is 0 Å². The Labute approximate surface area is 142 Å². The molecule has 23 heavy (non-hydrogen) atoms. The van der Waals surface area contributed by atoms with Crippen LogP contribution in [0.2, 0.25) is 5.02 Å². The molecule has 0 aliphatic carbocycles. The van der Waals surface area contributed by atoms with E-state index >= 15 is 0 Å². The zero-order valence-corrected chi connectivity index (χ0v) is 13.8. The Balaban J connectivity index is 1.91. The fourth-order valence-electron chi connectivity index (χ4n) is 2.17. The van der Waals surface area contributed by atoms with Crippen molar-refractivity contribution >= 4 is 34.5 Å². The van der Waals surface area contributed by atoms with Gasteiger partial charge in [0, 0.05) is 10.6 Å². The number of carbonyl (C=O) groups excluding carboxylic acids is 1. The minimum absolute atomic E-state index is 0.244. The molecule has 2 aromatic carbocycles. The molecule has 0 bridgehead atoms. The van der Waals surface area contributed by atoms with Gasteiger partial charge in [-0.1, -0.05) is 41.9 Å². The molecule has 0 aliphatic heterocycles. The zero-order chi connectivity index (χ0) is 16.2. The monoisotopic (exact) mass is 344 g/mol. The quantitative estimate of drug-likeness (QED) is 0.744. The molecule has 3 aromatic rings. The highest BCUT2D eigenvalue weighted by molar-refractivity contribution is 7.12. The summed E-state index contributed by atoms with van der Waals surface area (Å²) in [6.07, 6.45) is 0. The summed E-state index contributed by atoms with van der Waals surface area (Å²) in [6.45, 7) is 0. The van der Waals surface area contributed by atoms with Crippen LogP contribution in [0.25, 0.3) is 11.3 Å². The SMILES string of the molecule is COc1ccc(Cl)cc1NC(=O)c1scnc1-c1ccccc1. The van der Waals surface area contributed by atoms with Gasteiger partial charge in [0.15, 0.2) is 0 Å². The molecule has 1 aromatic heterocycles. The van der Waals surface area contributed by atoms with Crippen LogP contribution in [0, 0.1) is 0 Å². The first kappa shape index (κ1) is 15.5. The first-order chi connectivity index (χ1) is 11.2. The van der Waals surface area contributed by atoms with Gasteiger partial charge in [-0.15, -0.1) is 11.3 Å². The van der Waals surface area contributed by atoms with Gasteiger partial charge in [-0.2, -0.15) is 0 Å². The summed E-state index contributed by atoms with van der Waals surface area (Å²) in [5.74, 6) is 0.306. The van der Waals surface area contributed by atoms with Crippen LogP contribution in [-0.2, 0) is 0 Å². The number of benzene rings is 2. The second-order valence-corrected chi connectivity index (χ2v) is 5.99. The van der Waals surface area contributed by atoms with Crippen LogP contribution in [0.1, 0.15) is 9.67 Å². The number of aromatic nitrogens is 1. The number of hydrogen-bond donors (Lipinski definition) is 1. The van der Waals surface area contributed by atoms with E-state index in [1.807, 2.05) is 30.3 Å². The summed E-state index contributed by atoms with van der Waals surface area (Å²) < 4.78 is 5.25. The van der Waals surface area contributed by atoms with Gasteiger partial charge < -0.3 is 10.1 Å². The molecule has 4 nitrogen and oxygen atoms in total. The average Bonchev–Trinajstić information content (AvgIpc) is 3.05. The molecule has 0 saturated heterocycles. The molecule has 1 heterocycles. The van der Waals surface area contributed by atoms with Gasteiger partial charge in [-0.25, -0.2) is 4.98 Å². The molecule has 0 atom stereocenters. The number of rotatable bonds is 4. The molecule has 116 valence electrons. The third-order valence-corrected chi connectivity index (χ3v) is 4.29. The Kier molecular flexibility index (Phi) is 4.60. The Morgan fingerprint density at radius 1 is 1.22 bits per heavy atom. The Bertz CT molecular complexity index is 834. The Hall–Kier alpha value is -2.37. The number of anilines is 1. The van der Waals surface area contributed by atoms with Gasteiger partial charge >= 0.3 is 0 Å². The van der Waals surface area contributed by atoms with E-state index in [4.69, 9.17) is 16.3 Å². The maximum absolute atomic E-state index is 12.6. The molecule has 3 rings (SSSR count). The Morgan fingerprint density at radius 2 is 2.00 bits per heavy atom. The normalized spacial score (nSPS) is 10.3. The Morgan fingerprint density at radius 3 is 2.74 bits per heavy atom. The van der Waals surface area contributed by atoms with Gasteiger partial charge in [0.2, 0.25) is 0 Å². The highest BCUT2D eigenvalue weighted by atomic mass is 35.5. The van der Waals surface area contributed by atoms with E-state index in [1.165, 1.54) is 11.3 Å². The van der Waals surface area contributed by atoms with Crippen molar-refractivity contribution in [3.8, 4) is 17.0 Å². The number of thiazole rings is 1. The molecular weight excluding hydrogens is 332 g/mol. The van der Waals surface area contributed by atoms with Crippen molar-refractivity contribution in [2.75, 3.05) is 12.4 Å². The molecular formula is C17H13ClN2O2S. The molecule has 1 N–H and O–H groups in total. The van der Waals surface area contributed by atoms with Crippen LogP contribution in [0.4, 0.5) is 5.69 Å². The standard InChI is InChI=1S/C17H13ClN2O2S/c1-22-14-8-7-12(18)9-13(14)20-17(21)16-15(19-10-23-16)11-5-3-2-4-6-11/h2-10H,1H3,(H,20,21). The summed E-state index contributed by atoms with van der Waals surface area (Å²) in [6, 6.07) is 14.7. The molecule has 0 spiro atoms. The minimum Gasteiger partial charge on any atom is -0.495 e. The molecule has 0 unspecified atom stereocenters. The lowest BCUT2D eigenvalue weighted by atomic mass is 10.1. The second-order valence-electron chi connectivity index (χ2n) is 4.69. The maximum Gasteiger partial charge on any atom is 0.268 e. The van der Waals surface area contributed by atoms with E-state index in [0.717, 1.165) is 5.56 Å². The largest absolute Gasteiger partial charge is 0.495 e. The number of nitrogens with one attached hydrogen (secondary N) is 1. The van der Waals surface area contributed by atoms with Crippen LogP contribution in [0.5, 0.6) is 5.75 Å². The number of halogens is 1. The second kappa shape index (κ2) is 6.81.